The molecule has 1 atom stereocenters. The molecule has 1 rings (SSSR count). The van der Waals surface area contributed by atoms with Gasteiger partial charge in [-0.15, -0.1) is 11.8 Å². The number of urea groups is 1. The van der Waals surface area contributed by atoms with E-state index in [2.05, 4.69) is 16.0 Å². The summed E-state index contributed by atoms with van der Waals surface area (Å²) < 4.78 is 0. The van der Waals surface area contributed by atoms with Gasteiger partial charge >= 0.3 is 6.03 Å². The Morgan fingerprint density at radius 2 is 1.94 bits per heavy atom. The zero-order chi connectivity index (χ0) is 13.5. The number of carbonyl (C=O) groups excluding carboxylic acids is 2. The van der Waals surface area contributed by atoms with Crippen molar-refractivity contribution in [1.29, 1.82) is 0 Å². The summed E-state index contributed by atoms with van der Waals surface area (Å²) in [5.74, 6) is -0.370. The van der Waals surface area contributed by atoms with Crippen LogP contribution in [0.2, 0.25) is 0 Å². The maximum Gasteiger partial charge on any atom is 0.321 e. The maximum atomic E-state index is 11.7. The van der Waals surface area contributed by atoms with E-state index in [0.717, 1.165) is 10.6 Å². The topological polar surface area (TPSA) is 70.2 Å². The van der Waals surface area contributed by atoms with E-state index in [1.54, 1.807) is 18.7 Å². The van der Waals surface area contributed by atoms with Crippen LogP contribution in [0, 0.1) is 0 Å². The van der Waals surface area contributed by atoms with Gasteiger partial charge in [0.05, 0.1) is 0 Å². The van der Waals surface area contributed by atoms with Crippen LogP contribution in [0.3, 0.4) is 0 Å². The van der Waals surface area contributed by atoms with Crippen molar-refractivity contribution in [2.45, 2.75) is 17.9 Å². The molecular weight excluding hydrogens is 250 g/mol. The number of hydrogen-bond donors (Lipinski definition) is 3. The highest BCUT2D eigenvalue weighted by Crippen LogP contribution is 2.25. The van der Waals surface area contributed by atoms with Crippen molar-refractivity contribution < 1.29 is 9.59 Å². The van der Waals surface area contributed by atoms with Gasteiger partial charge in [-0.25, -0.2) is 4.79 Å². The Balaban J connectivity index is 2.66. The molecule has 18 heavy (non-hydrogen) atoms. The maximum absolute atomic E-state index is 11.7. The van der Waals surface area contributed by atoms with Gasteiger partial charge in [0.15, 0.2) is 0 Å². The van der Waals surface area contributed by atoms with Gasteiger partial charge in [-0.05, 0) is 25.3 Å². The lowest BCUT2D eigenvalue weighted by Gasteiger charge is -2.16. The second kappa shape index (κ2) is 6.90. The molecule has 0 fully saturated rings. The number of imide groups is 1. The monoisotopic (exact) mass is 267 g/mol. The van der Waals surface area contributed by atoms with E-state index in [-0.39, 0.29) is 5.91 Å². The van der Waals surface area contributed by atoms with Crippen LogP contribution in [-0.2, 0) is 4.79 Å². The van der Waals surface area contributed by atoms with Gasteiger partial charge in [0.1, 0.15) is 6.04 Å². The van der Waals surface area contributed by atoms with Crippen molar-refractivity contribution in [2.24, 2.45) is 0 Å². The molecular formula is C12H17N3O2S. The molecule has 0 radical (unpaired) electrons. The molecule has 0 spiro atoms. The van der Waals surface area contributed by atoms with Gasteiger partial charge in [0, 0.05) is 17.6 Å². The lowest BCUT2D eigenvalue weighted by molar-refractivity contribution is -0.120. The molecule has 1 aromatic carbocycles. The molecule has 1 aromatic rings. The van der Waals surface area contributed by atoms with E-state index in [1.807, 2.05) is 30.5 Å². The standard InChI is InChI=1S/C12H17N3O2S/c1-8(11(16)15-12(17)13-2)14-9-6-4-5-7-10(9)18-3/h4-8,14H,1-3H3,(H2,13,15,16,17). The third-order valence-electron chi connectivity index (χ3n) is 2.34. The summed E-state index contributed by atoms with van der Waals surface area (Å²) in [5, 5.41) is 7.64. The van der Waals surface area contributed by atoms with Gasteiger partial charge in [0.25, 0.3) is 0 Å². The first kappa shape index (κ1) is 14.4. The Morgan fingerprint density at radius 1 is 1.28 bits per heavy atom. The third-order valence-corrected chi connectivity index (χ3v) is 3.13. The fourth-order valence-corrected chi connectivity index (χ4v) is 1.91. The molecule has 1 unspecified atom stereocenters. The highest BCUT2D eigenvalue weighted by Gasteiger charge is 2.15. The minimum atomic E-state index is -0.508. The molecule has 0 saturated heterocycles. The van der Waals surface area contributed by atoms with E-state index >= 15 is 0 Å². The van der Waals surface area contributed by atoms with Crippen LogP contribution in [0.4, 0.5) is 10.5 Å². The van der Waals surface area contributed by atoms with Crippen LogP contribution in [-0.4, -0.2) is 31.3 Å². The fourth-order valence-electron chi connectivity index (χ4n) is 1.35. The zero-order valence-corrected chi connectivity index (χ0v) is 11.4. The lowest BCUT2D eigenvalue weighted by atomic mass is 10.2. The molecule has 0 aliphatic heterocycles. The predicted octanol–water partition coefficient (Wildman–Crippen LogP) is 1.66. The Hall–Kier alpha value is -1.69. The Bertz CT molecular complexity index is 437. The number of anilines is 1. The van der Waals surface area contributed by atoms with E-state index in [4.69, 9.17) is 0 Å². The minimum Gasteiger partial charge on any atom is -0.373 e. The normalized spacial score (nSPS) is 11.5. The van der Waals surface area contributed by atoms with Crippen molar-refractivity contribution in [3.05, 3.63) is 24.3 Å². The Labute approximate surface area is 111 Å². The number of amides is 3. The number of nitrogens with one attached hydrogen (secondary N) is 3. The molecule has 3 N–H and O–H groups in total. The molecule has 0 heterocycles. The van der Waals surface area contributed by atoms with Crippen LogP contribution < -0.4 is 16.0 Å². The van der Waals surface area contributed by atoms with Crippen molar-refractivity contribution in [2.75, 3.05) is 18.6 Å². The average molecular weight is 267 g/mol. The third kappa shape index (κ3) is 3.96. The Kier molecular flexibility index (Phi) is 5.51. The number of thioether (sulfide) groups is 1. The second-order valence-corrected chi connectivity index (χ2v) is 4.48. The smallest absolute Gasteiger partial charge is 0.321 e. The van der Waals surface area contributed by atoms with E-state index in [9.17, 15) is 9.59 Å². The summed E-state index contributed by atoms with van der Waals surface area (Å²) in [6.45, 7) is 1.70. The van der Waals surface area contributed by atoms with Gasteiger partial charge < -0.3 is 10.6 Å². The molecule has 0 bridgehead atoms. The predicted molar refractivity (Wildman–Crippen MR) is 73.9 cm³/mol. The number of benzene rings is 1. The molecule has 0 aromatic heterocycles. The van der Waals surface area contributed by atoms with Crippen LogP contribution in [0.15, 0.2) is 29.2 Å². The van der Waals surface area contributed by atoms with Gasteiger partial charge in [0.2, 0.25) is 5.91 Å². The van der Waals surface area contributed by atoms with E-state index in [1.165, 1.54) is 7.05 Å². The SMILES string of the molecule is CNC(=O)NC(=O)C(C)Nc1ccccc1SC. The molecule has 0 aliphatic carbocycles. The van der Waals surface area contributed by atoms with E-state index in [0.29, 0.717) is 0 Å². The Morgan fingerprint density at radius 3 is 2.56 bits per heavy atom. The molecule has 6 heteroatoms. The summed E-state index contributed by atoms with van der Waals surface area (Å²) in [5.41, 5.74) is 0.879. The molecule has 0 saturated carbocycles. The highest BCUT2D eigenvalue weighted by atomic mass is 32.2. The van der Waals surface area contributed by atoms with Gasteiger partial charge in [-0.2, -0.15) is 0 Å². The van der Waals surface area contributed by atoms with Crippen molar-refractivity contribution in [3.8, 4) is 0 Å². The van der Waals surface area contributed by atoms with Crippen molar-refractivity contribution >= 4 is 29.4 Å². The quantitative estimate of drug-likeness (QED) is 0.726. The summed E-state index contributed by atoms with van der Waals surface area (Å²) >= 11 is 1.59. The highest BCUT2D eigenvalue weighted by molar-refractivity contribution is 7.98. The van der Waals surface area contributed by atoms with Crippen LogP contribution in [0.25, 0.3) is 0 Å². The largest absolute Gasteiger partial charge is 0.373 e. The summed E-state index contributed by atoms with van der Waals surface area (Å²) in [4.78, 5) is 23.8. The number of hydrogen-bond acceptors (Lipinski definition) is 4. The zero-order valence-electron chi connectivity index (χ0n) is 10.6. The van der Waals surface area contributed by atoms with Crippen molar-refractivity contribution in [3.63, 3.8) is 0 Å². The average Bonchev–Trinajstić information content (AvgIpc) is 2.39. The first-order valence-electron chi connectivity index (χ1n) is 5.50. The van der Waals surface area contributed by atoms with Gasteiger partial charge in [-0.3, -0.25) is 10.1 Å². The lowest BCUT2D eigenvalue weighted by Crippen LogP contribution is -2.44. The number of rotatable bonds is 4. The molecule has 98 valence electrons. The van der Waals surface area contributed by atoms with Crippen molar-refractivity contribution in [1.82, 2.24) is 10.6 Å². The second-order valence-electron chi connectivity index (χ2n) is 3.63. The summed E-state index contributed by atoms with van der Waals surface area (Å²) in [6.07, 6.45) is 1.97. The summed E-state index contributed by atoms with van der Waals surface area (Å²) in [7, 11) is 1.46. The van der Waals surface area contributed by atoms with Gasteiger partial charge in [-0.1, -0.05) is 12.1 Å². The molecule has 0 aliphatic rings. The number of carbonyl (C=O) groups is 2. The minimum absolute atomic E-state index is 0.370. The first-order valence-corrected chi connectivity index (χ1v) is 6.73. The number of para-hydroxylation sites is 1. The fraction of sp³-hybridized carbons (Fsp3) is 0.333. The molecule has 5 nitrogen and oxygen atoms in total. The molecule has 3 amide bonds. The van der Waals surface area contributed by atoms with Crippen LogP contribution in [0.1, 0.15) is 6.92 Å². The van der Waals surface area contributed by atoms with Crippen LogP contribution >= 0.6 is 11.8 Å². The first-order chi connectivity index (χ1) is 8.58. The summed E-state index contributed by atoms with van der Waals surface area (Å²) in [6, 6.07) is 6.70. The van der Waals surface area contributed by atoms with E-state index < -0.39 is 12.1 Å². The van der Waals surface area contributed by atoms with Crippen LogP contribution in [0.5, 0.6) is 0 Å².